The van der Waals surface area contributed by atoms with Crippen molar-refractivity contribution in [1.29, 1.82) is 0 Å². The van der Waals surface area contributed by atoms with E-state index in [1.54, 1.807) is 42.5 Å². The van der Waals surface area contributed by atoms with Crippen LogP contribution >= 0.6 is 23.2 Å². The average Bonchev–Trinajstić information content (AvgIpc) is 2.75. The molecule has 0 bridgehead atoms. The van der Waals surface area contributed by atoms with Crippen LogP contribution in [-0.4, -0.2) is 18.5 Å². The van der Waals surface area contributed by atoms with Gasteiger partial charge in [-0.2, -0.15) is 0 Å². The maximum atomic E-state index is 12.5. The monoisotopic (exact) mass is 471 g/mol. The number of anilines is 1. The fourth-order valence-corrected chi connectivity index (χ4v) is 3.38. The molecule has 5 nitrogen and oxygen atoms in total. The summed E-state index contributed by atoms with van der Waals surface area (Å²) in [6.07, 6.45) is 0.647. The highest BCUT2D eigenvalue weighted by atomic mass is 35.5. The molecule has 32 heavy (non-hydrogen) atoms. The normalized spacial score (nSPS) is 10.5. The summed E-state index contributed by atoms with van der Waals surface area (Å²) in [7, 11) is 0. The Hall–Kier alpha value is -3.02. The van der Waals surface area contributed by atoms with E-state index in [-0.39, 0.29) is 18.3 Å². The predicted octanol–water partition coefficient (Wildman–Crippen LogP) is 6.63. The van der Waals surface area contributed by atoms with E-state index in [4.69, 9.17) is 32.7 Å². The minimum Gasteiger partial charge on any atom is -0.492 e. The smallest absolute Gasteiger partial charge is 0.311 e. The van der Waals surface area contributed by atoms with Crippen LogP contribution in [0.4, 0.5) is 5.69 Å². The Morgan fingerprint density at radius 3 is 2.41 bits per heavy atom. The molecule has 0 saturated carbocycles. The number of hydrogen-bond acceptors (Lipinski definition) is 4. The lowest BCUT2D eigenvalue weighted by Gasteiger charge is -2.10. The number of esters is 1. The third-order valence-corrected chi connectivity index (χ3v) is 5.20. The second-order valence-corrected chi connectivity index (χ2v) is 8.14. The Morgan fingerprint density at radius 1 is 0.938 bits per heavy atom. The number of carbonyl (C=O) groups is 2. The fraction of sp³-hybridized carbons (Fsp3) is 0.200. The van der Waals surface area contributed by atoms with Crippen LogP contribution in [0.3, 0.4) is 0 Å². The van der Waals surface area contributed by atoms with Gasteiger partial charge in [0.15, 0.2) is 0 Å². The summed E-state index contributed by atoms with van der Waals surface area (Å²) in [5, 5.41) is 3.85. The molecule has 0 radical (unpaired) electrons. The van der Waals surface area contributed by atoms with Gasteiger partial charge in [-0.1, -0.05) is 35.3 Å². The van der Waals surface area contributed by atoms with Crippen LogP contribution in [0, 0.1) is 13.8 Å². The topological polar surface area (TPSA) is 64.6 Å². The summed E-state index contributed by atoms with van der Waals surface area (Å²) in [5.74, 6) is 0.275. The van der Waals surface area contributed by atoms with Gasteiger partial charge in [0.05, 0.1) is 11.6 Å². The minimum atomic E-state index is -0.386. The van der Waals surface area contributed by atoms with Gasteiger partial charge in [0.1, 0.15) is 11.5 Å². The molecular formula is C25H23Cl2NO4. The van der Waals surface area contributed by atoms with Gasteiger partial charge in [-0.25, -0.2) is 0 Å². The quantitative estimate of drug-likeness (QED) is 0.227. The van der Waals surface area contributed by atoms with Crippen molar-refractivity contribution in [2.45, 2.75) is 26.7 Å². The van der Waals surface area contributed by atoms with Crippen molar-refractivity contribution in [3.8, 4) is 11.5 Å². The fourth-order valence-electron chi connectivity index (χ4n) is 2.91. The van der Waals surface area contributed by atoms with E-state index >= 15 is 0 Å². The molecule has 1 N–H and O–H groups in total. The van der Waals surface area contributed by atoms with Crippen LogP contribution in [0.25, 0.3) is 0 Å². The van der Waals surface area contributed by atoms with Gasteiger partial charge < -0.3 is 14.8 Å². The van der Waals surface area contributed by atoms with E-state index in [0.717, 1.165) is 16.8 Å². The lowest BCUT2D eigenvalue weighted by molar-refractivity contribution is -0.134. The zero-order valence-corrected chi connectivity index (χ0v) is 19.3. The van der Waals surface area contributed by atoms with Gasteiger partial charge >= 0.3 is 5.97 Å². The van der Waals surface area contributed by atoms with Crippen LogP contribution < -0.4 is 14.8 Å². The molecule has 3 aromatic rings. The largest absolute Gasteiger partial charge is 0.492 e. The number of hydrogen-bond donors (Lipinski definition) is 1. The molecule has 0 heterocycles. The number of rotatable bonds is 8. The van der Waals surface area contributed by atoms with Crippen LogP contribution in [0.1, 0.15) is 34.3 Å². The number of aryl methyl sites for hydroxylation is 2. The van der Waals surface area contributed by atoms with E-state index < -0.39 is 0 Å². The van der Waals surface area contributed by atoms with E-state index in [1.807, 2.05) is 32.0 Å². The molecule has 0 aromatic heterocycles. The first kappa shape index (κ1) is 23.6. The number of carbonyl (C=O) groups excluding carboxylic acids is 2. The lowest BCUT2D eigenvalue weighted by Crippen LogP contribution is -2.13. The van der Waals surface area contributed by atoms with Crippen LogP contribution in [-0.2, 0) is 4.79 Å². The predicted molar refractivity (Wildman–Crippen MR) is 127 cm³/mol. The number of halogens is 2. The molecule has 3 aromatic carbocycles. The molecule has 0 aliphatic rings. The number of nitrogens with one attached hydrogen (secondary N) is 1. The first-order valence-corrected chi connectivity index (χ1v) is 10.8. The zero-order valence-electron chi connectivity index (χ0n) is 17.8. The highest BCUT2D eigenvalue weighted by molar-refractivity contribution is 6.35. The lowest BCUT2D eigenvalue weighted by atomic mass is 10.1. The number of ether oxygens (including phenoxy) is 2. The first-order chi connectivity index (χ1) is 15.3. The Kier molecular flexibility index (Phi) is 8.14. The summed E-state index contributed by atoms with van der Waals surface area (Å²) in [5.41, 5.74) is 3.29. The molecule has 0 atom stereocenters. The minimum absolute atomic E-state index is 0.181. The Morgan fingerprint density at radius 2 is 1.69 bits per heavy atom. The Balaban J connectivity index is 1.45. The van der Waals surface area contributed by atoms with Crippen LogP contribution in [0.2, 0.25) is 10.0 Å². The van der Waals surface area contributed by atoms with Gasteiger partial charge in [-0.3, -0.25) is 9.59 Å². The van der Waals surface area contributed by atoms with Gasteiger partial charge in [0.25, 0.3) is 5.91 Å². The number of benzene rings is 3. The zero-order chi connectivity index (χ0) is 23.1. The maximum Gasteiger partial charge on any atom is 0.311 e. The van der Waals surface area contributed by atoms with E-state index in [1.165, 1.54) is 0 Å². The van der Waals surface area contributed by atoms with Gasteiger partial charge in [0.2, 0.25) is 0 Å². The summed E-state index contributed by atoms with van der Waals surface area (Å²) in [4.78, 5) is 24.6. The van der Waals surface area contributed by atoms with Gasteiger partial charge in [-0.05, 0) is 79.9 Å². The molecule has 7 heteroatoms. The van der Waals surface area contributed by atoms with Crippen molar-refractivity contribution in [2.75, 3.05) is 11.9 Å². The van der Waals surface area contributed by atoms with Gasteiger partial charge in [-0.15, -0.1) is 0 Å². The highest BCUT2D eigenvalue weighted by Crippen LogP contribution is 2.27. The second kappa shape index (κ2) is 11.0. The molecule has 3 rings (SSSR count). The molecule has 0 unspecified atom stereocenters. The van der Waals surface area contributed by atoms with Crippen molar-refractivity contribution >= 4 is 40.8 Å². The van der Waals surface area contributed by atoms with E-state index in [9.17, 15) is 9.59 Å². The summed E-state index contributed by atoms with van der Waals surface area (Å²) >= 11 is 11.9. The van der Waals surface area contributed by atoms with Gasteiger partial charge in [0, 0.05) is 22.7 Å². The molecular weight excluding hydrogens is 449 g/mol. The second-order valence-electron chi connectivity index (χ2n) is 7.30. The summed E-state index contributed by atoms with van der Waals surface area (Å²) < 4.78 is 10.9. The molecule has 0 saturated heterocycles. The molecule has 0 aliphatic heterocycles. The third-order valence-electron chi connectivity index (χ3n) is 4.67. The van der Waals surface area contributed by atoms with Crippen LogP contribution in [0.15, 0.2) is 60.7 Å². The molecule has 0 aliphatic carbocycles. The SMILES string of the molecule is Cc1ccc(C)c(NC(=O)c2ccc(OC(=O)CCCOc3ccc(Cl)cc3Cl)cc2)c1. The molecule has 166 valence electrons. The summed E-state index contributed by atoms with van der Waals surface area (Å²) in [6, 6.07) is 17.3. The standard InChI is InChI=1S/C25H23Cl2NO4/c1-16-5-6-17(2)22(14-16)28-25(30)18-7-10-20(11-8-18)32-24(29)4-3-13-31-23-12-9-19(26)15-21(23)27/h5-12,14-15H,3-4,13H2,1-2H3,(H,28,30). The third kappa shape index (κ3) is 6.74. The van der Waals surface area contributed by atoms with Crippen molar-refractivity contribution in [1.82, 2.24) is 0 Å². The van der Waals surface area contributed by atoms with Crippen molar-refractivity contribution < 1.29 is 19.1 Å². The Labute approximate surface area is 197 Å². The van der Waals surface area contributed by atoms with Crippen molar-refractivity contribution in [3.05, 3.63) is 87.4 Å². The van der Waals surface area contributed by atoms with E-state index in [0.29, 0.717) is 40.1 Å². The molecule has 1 amide bonds. The van der Waals surface area contributed by atoms with Crippen molar-refractivity contribution in [3.63, 3.8) is 0 Å². The maximum absolute atomic E-state index is 12.5. The Bertz CT molecular complexity index is 1110. The van der Waals surface area contributed by atoms with Crippen molar-refractivity contribution in [2.24, 2.45) is 0 Å². The molecule has 0 spiro atoms. The first-order valence-electron chi connectivity index (χ1n) is 10.1. The van der Waals surface area contributed by atoms with Crippen LogP contribution in [0.5, 0.6) is 11.5 Å². The number of amides is 1. The highest BCUT2D eigenvalue weighted by Gasteiger charge is 2.10. The summed E-state index contributed by atoms with van der Waals surface area (Å²) in [6.45, 7) is 4.22. The van der Waals surface area contributed by atoms with E-state index in [2.05, 4.69) is 5.32 Å². The average molecular weight is 472 g/mol. The molecule has 0 fully saturated rings.